The molecule has 96 valence electrons. The van der Waals surface area contributed by atoms with E-state index in [2.05, 4.69) is 17.4 Å². The number of benzene rings is 1. The van der Waals surface area contributed by atoms with Crippen LogP contribution in [0.3, 0.4) is 0 Å². The Balaban J connectivity index is 2.05. The van der Waals surface area contributed by atoms with Gasteiger partial charge in [-0.25, -0.2) is 0 Å². The van der Waals surface area contributed by atoms with Crippen molar-refractivity contribution in [1.29, 1.82) is 0 Å². The summed E-state index contributed by atoms with van der Waals surface area (Å²) in [6.45, 7) is 1.11. The third-order valence-corrected chi connectivity index (χ3v) is 2.89. The number of hydrogen-bond donors (Lipinski definition) is 2. The van der Waals surface area contributed by atoms with E-state index in [1.807, 2.05) is 30.3 Å². The van der Waals surface area contributed by atoms with Crippen molar-refractivity contribution in [3.8, 4) is 0 Å². The van der Waals surface area contributed by atoms with Crippen LogP contribution in [0.15, 0.2) is 53.1 Å². The normalized spacial score (nSPS) is 12.5. The molecular formula is C15H19NO2. The van der Waals surface area contributed by atoms with Gasteiger partial charge in [-0.05, 0) is 37.1 Å². The monoisotopic (exact) mass is 245 g/mol. The van der Waals surface area contributed by atoms with Gasteiger partial charge >= 0.3 is 0 Å². The number of unbranched alkanes of at least 4 members (excludes halogenated alkanes) is 1. The molecule has 0 saturated carbocycles. The van der Waals surface area contributed by atoms with E-state index in [9.17, 15) is 0 Å². The molecule has 1 heterocycles. The summed E-state index contributed by atoms with van der Waals surface area (Å²) in [6, 6.07) is 14.2. The molecule has 0 amide bonds. The standard InChI is InChI=1S/C15H19NO2/c17-11-5-4-10-16-15(14-9-6-12-18-14)13-7-2-1-3-8-13/h1-3,6-9,12,15-17H,4-5,10-11H2. The fourth-order valence-corrected chi connectivity index (χ4v) is 1.97. The molecule has 2 rings (SSSR count). The Morgan fingerprint density at radius 3 is 2.56 bits per heavy atom. The molecule has 0 aliphatic rings. The van der Waals surface area contributed by atoms with Gasteiger partial charge in [-0.3, -0.25) is 0 Å². The highest BCUT2D eigenvalue weighted by atomic mass is 16.3. The van der Waals surface area contributed by atoms with Gasteiger partial charge in [0.1, 0.15) is 5.76 Å². The van der Waals surface area contributed by atoms with E-state index in [0.717, 1.165) is 25.1 Å². The summed E-state index contributed by atoms with van der Waals surface area (Å²) in [5.74, 6) is 0.921. The van der Waals surface area contributed by atoms with E-state index in [1.165, 1.54) is 5.56 Å². The molecule has 2 N–H and O–H groups in total. The van der Waals surface area contributed by atoms with Crippen LogP contribution in [0.5, 0.6) is 0 Å². The van der Waals surface area contributed by atoms with Crippen molar-refractivity contribution < 1.29 is 9.52 Å². The quantitative estimate of drug-likeness (QED) is 0.737. The largest absolute Gasteiger partial charge is 0.467 e. The summed E-state index contributed by atoms with van der Waals surface area (Å²) < 4.78 is 5.50. The van der Waals surface area contributed by atoms with Crippen molar-refractivity contribution in [2.45, 2.75) is 18.9 Å². The van der Waals surface area contributed by atoms with Crippen molar-refractivity contribution in [2.75, 3.05) is 13.2 Å². The van der Waals surface area contributed by atoms with Crippen LogP contribution in [-0.4, -0.2) is 18.3 Å². The fourth-order valence-electron chi connectivity index (χ4n) is 1.97. The lowest BCUT2D eigenvalue weighted by Gasteiger charge is -2.17. The Morgan fingerprint density at radius 2 is 1.89 bits per heavy atom. The lowest BCUT2D eigenvalue weighted by Crippen LogP contribution is -2.23. The van der Waals surface area contributed by atoms with Crippen molar-refractivity contribution >= 4 is 0 Å². The molecule has 18 heavy (non-hydrogen) atoms. The van der Waals surface area contributed by atoms with Gasteiger partial charge in [-0.2, -0.15) is 0 Å². The first-order chi connectivity index (χ1) is 8.92. The summed E-state index contributed by atoms with van der Waals surface area (Å²) in [7, 11) is 0. The van der Waals surface area contributed by atoms with Gasteiger partial charge in [0, 0.05) is 6.61 Å². The average molecular weight is 245 g/mol. The van der Waals surface area contributed by atoms with Crippen LogP contribution in [0.4, 0.5) is 0 Å². The first kappa shape index (κ1) is 12.9. The second-order valence-corrected chi connectivity index (χ2v) is 4.24. The molecule has 0 bridgehead atoms. The van der Waals surface area contributed by atoms with Crippen LogP contribution in [0.25, 0.3) is 0 Å². The van der Waals surface area contributed by atoms with E-state index in [0.29, 0.717) is 0 Å². The van der Waals surface area contributed by atoms with Crippen molar-refractivity contribution in [1.82, 2.24) is 5.32 Å². The number of hydrogen-bond acceptors (Lipinski definition) is 3. The second-order valence-electron chi connectivity index (χ2n) is 4.24. The average Bonchev–Trinajstić information content (AvgIpc) is 2.94. The summed E-state index contributed by atoms with van der Waals surface area (Å²) >= 11 is 0. The number of nitrogens with one attached hydrogen (secondary N) is 1. The van der Waals surface area contributed by atoms with Crippen LogP contribution in [-0.2, 0) is 0 Å². The lowest BCUT2D eigenvalue weighted by atomic mass is 10.0. The Bertz CT molecular complexity index is 425. The van der Waals surface area contributed by atoms with Gasteiger partial charge in [0.25, 0.3) is 0 Å². The summed E-state index contributed by atoms with van der Waals surface area (Å²) in [5.41, 5.74) is 1.19. The maximum Gasteiger partial charge on any atom is 0.125 e. The zero-order chi connectivity index (χ0) is 12.6. The molecule has 0 aliphatic heterocycles. The van der Waals surface area contributed by atoms with Crippen LogP contribution in [0, 0.1) is 0 Å². The molecule has 3 nitrogen and oxygen atoms in total. The van der Waals surface area contributed by atoms with E-state index in [4.69, 9.17) is 9.52 Å². The first-order valence-electron chi connectivity index (χ1n) is 6.34. The van der Waals surface area contributed by atoms with Crippen molar-refractivity contribution in [2.24, 2.45) is 0 Å². The smallest absolute Gasteiger partial charge is 0.125 e. The maximum atomic E-state index is 8.79. The highest BCUT2D eigenvalue weighted by Gasteiger charge is 2.15. The van der Waals surface area contributed by atoms with Gasteiger partial charge in [0.2, 0.25) is 0 Å². The highest BCUT2D eigenvalue weighted by Crippen LogP contribution is 2.22. The van der Waals surface area contributed by atoms with Crippen molar-refractivity contribution in [3.05, 3.63) is 60.1 Å². The zero-order valence-electron chi connectivity index (χ0n) is 10.4. The van der Waals surface area contributed by atoms with Crippen LogP contribution < -0.4 is 5.32 Å². The van der Waals surface area contributed by atoms with E-state index < -0.39 is 0 Å². The second kappa shape index (κ2) is 6.99. The molecule has 3 heteroatoms. The van der Waals surface area contributed by atoms with Gasteiger partial charge in [-0.1, -0.05) is 30.3 Å². The third kappa shape index (κ3) is 3.45. The number of aliphatic hydroxyl groups excluding tert-OH is 1. The summed E-state index contributed by atoms with van der Waals surface area (Å²) in [6.07, 6.45) is 3.48. The minimum atomic E-state index is 0.0832. The molecule has 1 unspecified atom stereocenters. The van der Waals surface area contributed by atoms with Crippen LogP contribution in [0.2, 0.25) is 0 Å². The Hall–Kier alpha value is -1.58. The Labute approximate surface area is 107 Å². The van der Waals surface area contributed by atoms with Gasteiger partial charge in [0.15, 0.2) is 0 Å². The van der Waals surface area contributed by atoms with Crippen LogP contribution >= 0.6 is 0 Å². The topological polar surface area (TPSA) is 45.4 Å². The highest BCUT2D eigenvalue weighted by molar-refractivity contribution is 5.26. The molecule has 0 radical (unpaired) electrons. The van der Waals surface area contributed by atoms with Crippen molar-refractivity contribution in [3.63, 3.8) is 0 Å². The molecule has 2 aromatic rings. The molecule has 1 atom stereocenters. The molecule has 0 fully saturated rings. The van der Waals surface area contributed by atoms with E-state index in [-0.39, 0.29) is 12.6 Å². The Kier molecular flexibility index (Phi) is 5.00. The van der Waals surface area contributed by atoms with E-state index in [1.54, 1.807) is 6.26 Å². The lowest BCUT2D eigenvalue weighted by molar-refractivity contribution is 0.282. The predicted molar refractivity (Wildman–Crippen MR) is 71.3 cm³/mol. The molecule has 1 aromatic heterocycles. The van der Waals surface area contributed by atoms with Crippen LogP contribution in [0.1, 0.15) is 30.2 Å². The number of furan rings is 1. The maximum absolute atomic E-state index is 8.79. The minimum absolute atomic E-state index is 0.0832. The van der Waals surface area contributed by atoms with E-state index >= 15 is 0 Å². The number of aliphatic hydroxyl groups is 1. The van der Waals surface area contributed by atoms with Gasteiger partial charge < -0.3 is 14.8 Å². The SMILES string of the molecule is OCCCCNC(c1ccccc1)c1ccco1. The first-order valence-corrected chi connectivity index (χ1v) is 6.34. The summed E-state index contributed by atoms with van der Waals surface area (Å²) in [5, 5.41) is 12.3. The van der Waals surface area contributed by atoms with Gasteiger partial charge in [0.05, 0.1) is 12.3 Å². The Morgan fingerprint density at radius 1 is 1.06 bits per heavy atom. The third-order valence-electron chi connectivity index (χ3n) is 2.89. The molecule has 0 saturated heterocycles. The fraction of sp³-hybridized carbons (Fsp3) is 0.333. The molecular weight excluding hydrogens is 226 g/mol. The predicted octanol–water partition coefficient (Wildman–Crippen LogP) is 2.73. The number of rotatable bonds is 7. The molecule has 0 aliphatic carbocycles. The zero-order valence-corrected chi connectivity index (χ0v) is 10.4. The minimum Gasteiger partial charge on any atom is -0.467 e. The van der Waals surface area contributed by atoms with Gasteiger partial charge in [-0.15, -0.1) is 0 Å². The molecule has 0 spiro atoms. The summed E-state index contributed by atoms with van der Waals surface area (Å²) in [4.78, 5) is 0. The molecule has 1 aromatic carbocycles.